The summed E-state index contributed by atoms with van der Waals surface area (Å²) in [5.74, 6) is -1.97. The van der Waals surface area contributed by atoms with E-state index in [2.05, 4.69) is 0 Å². The maximum atomic E-state index is 12.8. The Morgan fingerprint density at radius 3 is 2.48 bits per heavy atom. The molecule has 3 heterocycles. The summed E-state index contributed by atoms with van der Waals surface area (Å²) in [6, 6.07) is 2.64. The predicted octanol–water partition coefficient (Wildman–Crippen LogP) is 0.592. The summed E-state index contributed by atoms with van der Waals surface area (Å²) in [4.78, 5) is 53.3. The van der Waals surface area contributed by atoms with Crippen molar-refractivity contribution in [1.82, 2.24) is 14.4 Å². The molecule has 7 heteroatoms. The average Bonchev–Trinajstić information content (AvgIpc) is 3.15. The van der Waals surface area contributed by atoms with Gasteiger partial charge in [-0.1, -0.05) is 6.92 Å². The number of Topliss-reactive ketones (excluding diaryl/α,β-unsaturated/α-hetero) is 1. The Hall–Kier alpha value is -2.44. The monoisotopic (exact) mass is 343 g/mol. The van der Waals surface area contributed by atoms with Crippen LogP contribution < -0.4 is 0 Å². The van der Waals surface area contributed by atoms with Crippen LogP contribution in [0.4, 0.5) is 0 Å². The molecule has 1 saturated carbocycles. The Balaban J connectivity index is 1.58. The molecule has 0 bridgehead atoms. The Morgan fingerprint density at radius 1 is 1.16 bits per heavy atom. The number of hydrogen-bond acceptors (Lipinski definition) is 4. The van der Waals surface area contributed by atoms with Crippen molar-refractivity contribution >= 4 is 23.5 Å². The zero-order valence-corrected chi connectivity index (χ0v) is 14.3. The molecule has 3 atom stereocenters. The van der Waals surface area contributed by atoms with Crippen molar-refractivity contribution in [3.05, 3.63) is 24.0 Å². The summed E-state index contributed by atoms with van der Waals surface area (Å²) in [5, 5.41) is 0. The SMILES string of the molecule is C[C@@H]1C(=O)N(C(=O)C2CC2)[C@H]2CCN(C(=O)C(=O)c3cccn3C)C12. The number of fused-ring (bicyclic) bond motifs is 1. The molecule has 3 amide bonds. The summed E-state index contributed by atoms with van der Waals surface area (Å²) in [6.07, 6.45) is 3.93. The molecule has 3 aliphatic rings. The van der Waals surface area contributed by atoms with Crippen LogP contribution in [0.15, 0.2) is 18.3 Å². The highest BCUT2D eigenvalue weighted by Gasteiger charge is 2.57. The predicted molar refractivity (Wildman–Crippen MR) is 87.4 cm³/mol. The third-order valence-corrected chi connectivity index (χ3v) is 5.69. The van der Waals surface area contributed by atoms with Gasteiger partial charge in [0.15, 0.2) is 0 Å². The van der Waals surface area contributed by atoms with Crippen LogP contribution in [0.25, 0.3) is 0 Å². The summed E-state index contributed by atoms with van der Waals surface area (Å²) < 4.78 is 1.61. The van der Waals surface area contributed by atoms with Gasteiger partial charge in [0.1, 0.15) is 0 Å². The molecule has 0 radical (unpaired) electrons. The number of carbonyl (C=O) groups excluding carboxylic acids is 4. The fourth-order valence-corrected chi connectivity index (χ4v) is 4.19. The molecular weight excluding hydrogens is 322 g/mol. The normalized spacial score (nSPS) is 28.4. The average molecular weight is 343 g/mol. The van der Waals surface area contributed by atoms with Crippen LogP contribution in [-0.2, 0) is 21.4 Å². The van der Waals surface area contributed by atoms with E-state index >= 15 is 0 Å². The molecular formula is C18H21N3O4. The van der Waals surface area contributed by atoms with E-state index in [4.69, 9.17) is 0 Å². The molecule has 2 aliphatic heterocycles. The minimum Gasteiger partial charge on any atom is -0.348 e. The van der Waals surface area contributed by atoms with Crippen LogP contribution in [0.3, 0.4) is 0 Å². The summed E-state index contributed by atoms with van der Waals surface area (Å²) in [5.41, 5.74) is 0.330. The number of likely N-dealkylation sites (tertiary alicyclic amines) is 2. The second-order valence-corrected chi connectivity index (χ2v) is 7.29. The first kappa shape index (κ1) is 16.1. The van der Waals surface area contributed by atoms with Gasteiger partial charge in [0.05, 0.1) is 23.7 Å². The van der Waals surface area contributed by atoms with E-state index in [1.54, 1.807) is 36.9 Å². The lowest BCUT2D eigenvalue weighted by atomic mass is 10.0. The number of amides is 3. The minimum absolute atomic E-state index is 0.0374. The van der Waals surface area contributed by atoms with Crippen molar-refractivity contribution in [3.8, 4) is 0 Å². The maximum Gasteiger partial charge on any atom is 0.296 e. The van der Waals surface area contributed by atoms with Gasteiger partial charge in [0, 0.05) is 25.7 Å². The van der Waals surface area contributed by atoms with E-state index in [9.17, 15) is 19.2 Å². The molecule has 7 nitrogen and oxygen atoms in total. The lowest BCUT2D eigenvalue weighted by molar-refractivity contribution is -0.146. The van der Waals surface area contributed by atoms with Gasteiger partial charge in [-0.25, -0.2) is 0 Å². The molecule has 4 rings (SSSR count). The van der Waals surface area contributed by atoms with Crippen molar-refractivity contribution in [2.24, 2.45) is 18.9 Å². The van der Waals surface area contributed by atoms with Gasteiger partial charge in [-0.3, -0.25) is 24.1 Å². The van der Waals surface area contributed by atoms with Gasteiger partial charge in [0.2, 0.25) is 11.8 Å². The first-order valence-electron chi connectivity index (χ1n) is 8.75. The van der Waals surface area contributed by atoms with Crippen LogP contribution in [0, 0.1) is 11.8 Å². The Labute approximate surface area is 145 Å². The molecule has 1 unspecified atom stereocenters. The lowest BCUT2D eigenvalue weighted by Gasteiger charge is -2.25. The standard InChI is InChI=1S/C18H21N3O4/c1-10-14-12(21(16(10)23)17(24)11-5-6-11)7-9-20(14)18(25)15(22)13-4-3-8-19(13)2/h3-4,8,10-12,14H,5-7,9H2,1-2H3/t10-,12-,14?/m0/s1. The van der Waals surface area contributed by atoms with Crippen molar-refractivity contribution < 1.29 is 19.2 Å². The first-order chi connectivity index (χ1) is 11.9. The fourth-order valence-electron chi connectivity index (χ4n) is 4.19. The molecule has 1 aromatic heterocycles. The number of rotatable bonds is 3. The highest BCUT2D eigenvalue weighted by molar-refractivity contribution is 6.42. The van der Waals surface area contributed by atoms with Crippen molar-refractivity contribution in [1.29, 1.82) is 0 Å². The summed E-state index contributed by atoms with van der Waals surface area (Å²) in [6.45, 7) is 2.15. The molecule has 132 valence electrons. The highest BCUT2D eigenvalue weighted by atomic mass is 16.2. The third-order valence-electron chi connectivity index (χ3n) is 5.69. The number of carbonyl (C=O) groups is 4. The number of aromatic nitrogens is 1. The molecule has 25 heavy (non-hydrogen) atoms. The number of hydrogen-bond donors (Lipinski definition) is 0. The van der Waals surface area contributed by atoms with Gasteiger partial charge in [0.25, 0.3) is 11.7 Å². The van der Waals surface area contributed by atoms with Crippen LogP contribution in [-0.4, -0.2) is 56.5 Å². The van der Waals surface area contributed by atoms with Crippen LogP contribution in [0.2, 0.25) is 0 Å². The highest BCUT2D eigenvalue weighted by Crippen LogP contribution is 2.40. The molecule has 3 fully saturated rings. The van der Waals surface area contributed by atoms with Crippen LogP contribution in [0.5, 0.6) is 0 Å². The van der Waals surface area contributed by atoms with E-state index in [1.807, 2.05) is 0 Å². The van der Waals surface area contributed by atoms with Crippen LogP contribution >= 0.6 is 0 Å². The van der Waals surface area contributed by atoms with Crippen molar-refractivity contribution in [2.45, 2.75) is 38.3 Å². The van der Waals surface area contributed by atoms with Crippen molar-refractivity contribution in [3.63, 3.8) is 0 Å². The zero-order valence-electron chi connectivity index (χ0n) is 14.3. The van der Waals surface area contributed by atoms with E-state index in [0.29, 0.717) is 18.7 Å². The van der Waals surface area contributed by atoms with Gasteiger partial charge in [-0.05, 0) is 31.4 Å². The molecule has 0 N–H and O–H groups in total. The number of imide groups is 1. The Kier molecular flexibility index (Phi) is 3.56. The smallest absolute Gasteiger partial charge is 0.296 e. The van der Waals surface area contributed by atoms with E-state index in [0.717, 1.165) is 12.8 Å². The summed E-state index contributed by atoms with van der Waals surface area (Å²) in [7, 11) is 1.71. The quantitative estimate of drug-likeness (QED) is 0.457. The lowest BCUT2D eigenvalue weighted by Crippen LogP contribution is -2.45. The van der Waals surface area contributed by atoms with Gasteiger partial charge < -0.3 is 9.47 Å². The van der Waals surface area contributed by atoms with Crippen molar-refractivity contribution in [2.75, 3.05) is 6.54 Å². The zero-order chi connectivity index (χ0) is 17.9. The largest absolute Gasteiger partial charge is 0.348 e. The number of ketones is 1. The van der Waals surface area contributed by atoms with E-state index in [-0.39, 0.29) is 23.8 Å². The van der Waals surface area contributed by atoms with Gasteiger partial charge in [-0.2, -0.15) is 0 Å². The third kappa shape index (κ3) is 2.33. The molecule has 0 spiro atoms. The van der Waals surface area contributed by atoms with Gasteiger partial charge in [-0.15, -0.1) is 0 Å². The first-order valence-corrected chi connectivity index (χ1v) is 8.75. The van der Waals surface area contributed by atoms with Crippen LogP contribution in [0.1, 0.15) is 36.7 Å². The Bertz CT molecular complexity index is 779. The topological polar surface area (TPSA) is 79.7 Å². The number of aryl methyl sites for hydroxylation is 1. The molecule has 1 aliphatic carbocycles. The maximum absolute atomic E-state index is 12.8. The second-order valence-electron chi connectivity index (χ2n) is 7.29. The number of nitrogens with zero attached hydrogens (tertiary/aromatic N) is 3. The Morgan fingerprint density at radius 2 is 1.88 bits per heavy atom. The molecule has 0 aromatic carbocycles. The van der Waals surface area contributed by atoms with E-state index in [1.165, 1.54) is 9.80 Å². The minimum atomic E-state index is -0.588. The second kappa shape index (κ2) is 5.54. The molecule has 2 saturated heterocycles. The fraction of sp³-hybridized carbons (Fsp3) is 0.556. The van der Waals surface area contributed by atoms with Gasteiger partial charge >= 0.3 is 0 Å². The summed E-state index contributed by atoms with van der Waals surface area (Å²) >= 11 is 0. The van der Waals surface area contributed by atoms with E-state index < -0.39 is 23.7 Å². The molecule has 1 aromatic rings.